The van der Waals surface area contributed by atoms with Crippen molar-refractivity contribution >= 4 is 38.9 Å². The summed E-state index contributed by atoms with van der Waals surface area (Å²) >= 11 is 12.3. The van der Waals surface area contributed by atoms with E-state index < -0.39 is 20.9 Å². The van der Waals surface area contributed by atoms with Crippen LogP contribution in [0.15, 0.2) is 76.6 Å². The summed E-state index contributed by atoms with van der Waals surface area (Å²) in [5.74, 6) is 1.06. The number of hydrogen-bond acceptors (Lipinski definition) is 5. The second-order valence-electron chi connectivity index (χ2n) is 8.66. The van der Waals surface area contributed by atoms with Crippen LogP contribution in [0, 0.1) is 0 Å². The van der Waals surface area contributed by atoms with Gasteiger partial charge in [0.1, 0.15) is 17.1 Å². The third-order valence-corrected chi connectivity index (χ3v) is 8.06. The van der Waals surface area contributed by atoms with E-state index in [9.17, 15) is 8.42 Å². The highest BCUT2D eigenvalue weighted by atomic mass is 35.5. The number of nitrogens with one attached hydrogen (secondary N) is 1. The molecule has 0 radical (unpaired) electrons. The predicted octanol–water partition coefficient (Wildman–Crippen LogP) is 5.98. The van der Waals surface area contributed by atoms with Crippen LogP contribution in [0.2, 0.25) is 10.0 Å². The lowest BCUT2D eigenvalue weighted by molar-refractivity contribution is 0.268. The Morgan fingerprint density at radius 1 is 0.912 bits per heavy atom. The molecular formula is C26H26Cl2N2O3S. The van der Waals surface area contributed by atoms with Gasteiger partial charge in [0.15, 0.2) is 9.84 Å². The van der Waals surface area contributed by atoms with Crippen molar-refractivity contribution in [2.24, 2.45) is 4.99 Å². The smallest absolute Gasteiger partial charge is 0.175 e. The maximum atomic E-state index is 12.1. The van der Waals surface area contributed by atoms with Gasteiger partial charge in [-0.2, -0.15) is 0 Å². The van der Waals surface area contributed by atoms with Gasteiger partial charge in [-0.1, -0.05) is 47.5 Å². The minimum atomic E-state index is -3.39. The number of amidine groups is 1. The predicted molar refractivity (Wildman–Crippen MR) is 138 cm³/mol. The number of ether oxygens (including phenoxy) is 1. The van der Waals surface area contributed by atoms with E-state index in [-0.39, 0.29) is 4.90 Å². The third-order valence-electron chi connectivity index (χ3n) is 6.44. The van der Waals surface area contributed by atoms with E-state index in [0.717, 1.165) is 11.1 Å². The molecule has 3 aromatic carbocycles. The molecule has 0 amide bonds. The molecule has 1 N–H and O–H groups in total. The van der Waals surface area contributed by atoms with E-state index in [1.54, 1.807) is 18.2 Å². The molecule has 0 saturated carbocycles. The van der Waals surface area contributed by atoms with Gasteiger partial charge in [-0.3, -0.25) is 4.99 Å². The molecule has 5 nitrogen and oxygen atoms in total. The summed E-state index contributed by atoms with van der Waals surface area (Å²) in [5, 5.41) is 4.92. The zero-order valence-electron chi connectivity index (χ0n) is 19.4. The fourth-order valence-corrected chi connectivity index (χ4v) is 5.21. The number of sulfone groups is 1. The van der Waals surface area contributed by atoms with Crippen LogP contribution in [-0.2, 0) is 20.9 Å². The second-order valence-corrected chi connectivity index (χ2v) is 11.5. The van der Waals surface area contributed by atoms with Crippen LogP contribution >= 0.6 is 23.2 Å². The van der Waals surface area contributed by atoms with Gasteiger partial charge in [0.05, 0.1) is 22.6 Å². The summed E-state index contributed by atoms with van der Waals surface area (Å²) in [5.41, 5.74) is 1.29. The maximum Gasteiger partial charge on any atom is 0.175 e. The monoisotopic (exact) mass is 516 g/mol. The summed E-state index contributed by atoms with van der Waals surface area (Å²) < 4.78 is 30.1. The second kappa shape index (κ2) is 8.91. The Labute approximate surface area is 210 Å². The molecule has 1 aliphatic rings. The molecular weight excluding hydrogens is 491 g/mol. The van der Waals surface area contributed by atoms with Crippen LogP contribution in [-0.4, -0.2) is 27.1 Å². The molecule has 8 heteroatoms. The van der Waals surface area contributed by atoms with Crippen LogP contribution in [0.3, 0.4) is 0 Å². The van der Waals surface area contributed by atoms with Crippen LogP contribution in [0.5, 0.6) is 5.75 Å². The maximum absolute atomic E-state index is 12.1. The summed E-state index contributed by atoms with van der Waals surface area (Å²) in [6.45, 7) is 6.40. The first kappa shape index (κ1) is 24.6. The molecule has 34 heavy (non-hydrogen) atoms. The van der Waals surface area contributed by atoms with E-state index in [2.05, 4.69) is 19.2 Å². The number of aliphatic imine (C=N–C) groups is 1. The minimum absolute atomic E-state index is 0.194. The topological polar surface area (TPSA) is 67.8 Å². The highest BCUT2D eigenvalue weighted by Crippen LogP contribution is 2.48. The Kier molecular flexibility index (Phi) is 6.44. The third kappa shape index (κ3) is 4.30. The first-order valence-corrected chi connectivity index (χ1v) is 13.5. The molecule has 0 spiro atoms. The zero-order chi connectivity index (χ0) is 24.7. The SMILES string of the molecule is CCOc1cc(S(C)(=O)=O)ccc1C1=N[C@@](C)(c2ccc(Cl)cc2)[C@](C)(c2ccc(Cl)cc2)N1. The van der Waals surface area contributed by atoms with Crippen molar-refractivity contribution in [2.45, 2.75) is 36.7 Å². The summed E-state index contributed by atoms with van der Waals surface area (Å²) in [7, 11) is -3.39. The lowest BCUT2D eigenvalue weighted by Gasteiger charge is -2.40. The number of benzene rings is 3. The van der Waals surface area contributed by atoms with Crippen molar-refractivity contribution in [1.29, 1.82) is 0 Å². The number of rotatable bonds is 6. The van der Waals surface area contributed by atoms with Gasteiger partial charge in [0.25, 0.3) is 0 Å². The molecule has 1 heterocycles. The Bertz CT molecular complexity index is 1360. The molecule has 4 rings (SSSR count). The van der Waals surface area contributed by atoms with Crippen LogP contribution < -0.4 is 10.1 Å². The van der Waals surface area contributed by atoms with Gasteiger partial charge < -0.3 is 10.1 Å². The van der Waals surface area contributed by atoms with Crippen molar-refractivity contribution in [3.05, 3.63) is 93.5 Å². The summed E-state index contributed by atoms with van der Waals surface area (Å²) in [4.78, 5) is 5.37. The van der Waals surface area contributed by atoms with E-state index in [1.165, 1.54) is 6.26 Å². The first-order chi connectivity index (χ1) is 16.0. The molecule has 0 bridgehead atoms. The van der Waals surface area contributed by atoms with Crippen LogP contribution in [0.25, 0.3) is 0 Å². The molecule has 1 aliphatic heterocycles. The Morgan fingerprint density at radius 2 is 1.47 bits per heavy atom. The van der Waals surface area contributed by atoms with Crippen molar-refractivity contribution in [3.8, 4) is 5.75 Å². The van der Waals surface area contributed by atoms with Crippen molar-refractivity contribution in [3.63, 3.8) is 0 Å². The summed E-state index contributed by atoms with van der Waals surface area (Å²) in [6, 6.07) is 20.2. The van der Waals surface area contributed by atoms with E-state index in [1.807, 2.05) is 55.5 Å². The van der Waals surface area contributed by atoms with Crippen LogP contribution in [0.4, 0.5) is 0 Å². The zero-order valence-corrected chi connectivity index (χ0v) is 21.7. The molecule has 2 atom stereocenters. The van der Waals surface area contributed by atoms with E-state index in [4.69, 9.17) is 32.9 Å². The van der Waals surface area contributed by atoms with E-state index in [0.29, 0.717) is 33.8 Å². The molecule has 0 aromatic heterocycles. The summed E-state index contributed by atoms with van der Waals surface area (Å²) in [6.07, 6.45) is 1.18. The Balaban J connectivity index is 1.91. The molecule has 0 fully saturated rings. The highest BCUT2D eigenvalue weighted by Gasteiger charge is 2.52. The quantitative estimate of drug-likeness (QED) is 0.437. The normalized spacial score (nSPS) is 22.2. The first-order valence-electron chi connectivity index (χ1n) is 10.9. The number of nitrogens with zero attached hydrogens (tertiary/aromatic N) is 1. The van der Waals surface area contributed by atoms with Gasteiger partial charge in [0, 0.05) is 16.3 Å². The van der Waals surface area contributed by atoms with Gasteiger partial charge in [-0.25, -0.2) is 8.42 Å². The average Bonchev–Trinajstić information content (AvgIpc) is 3.06. The largest absolute Gasteiger partial charge is 0.493 e. The number of hydrogen-bond donors (Lipinski definition) is 1. The fraction of sp³-hybridized carbons (Fsp3) is 0.269. The van der Waals surface area contributed by atoms with E-state index >= 15 is 0 Å². The van der Waals surface area contributed by atoms with Crippen molar-refractivity contribution in [1.82, 2.24) is 5.32 Å². The number of halogens is 2. The molecule has 0 saturated heterocycles. The molecule has 178 valence electrons. The molecule has 0 aliphatic carbocycles. The van der Waals surface area contributed by atoms with Crippen molar-refractivity contribution < 1.29 is 13.2 Å². The van der Waals surface area contributed by atoms with Gasteiger partial charge in [-0.05, 0) is 74.4 Å². The highest BCUT2D eigenvalue weighted by molar-refractivity contribution is 7.90. The Hall–Kier alpha value is -2.54. The lowest BCUT2D eigenvalue weighted by Crippen LogP contribution is -2.50. The Morgan fingerprint density at radius 3 is 2.00 bits per heavy atom. The minimum Gasteiger partial charge on any atom is -0.493 e. The lowest BCUT2D eigenvalue weighted by atomic mass is 9.72. The molecule has 0 unspecified atom stereocenters. The van der Waals surface area contributed by atoms with Crippen molar-refractivity contribution in [2.75, 3.05) is 12.9 Å². The van der Waals surface area contributed by atoms with Gasteiger partial charge in [-0.15, -0.1) is 0 Å². The molecule has 3 aromatic rings. The standard InChI is InChI=1S/C26H26Cl2N2O3S/c1-5-33-23-16-21(34(4,31)32)14-15-22(23)24-29-25(2,17-6-10-19(27)11-7-17)26(3,30-24)18-8-12-20(28)13-9-18/h6-16H,5H2,1-4H3,(H,29,30)/t25-,26-/m0/s1. The average molecular weight is 517 g/mol. The fourth-order valence-electron chi connectivity index (χ4n) is 4.32. The van der Waals surface area contributed by atoms with Gasteiger partial charge in [0.2, 0.25) is 0 Å². The van der Waals surface area contributed by atoms with Gasteiger partial charge >= 0.3 is 0 Å². The van der Waals surface area contributed by atoms with Crippen LogP contribution in [0.1, 0.15) is 37.5 Å².